The van der Waals surface area contributed by atoms with Crippen LogP contribution in [-0.2, 0) is 16.6 Å². The molecule has 0 aliphatic heterocycles. The number of benzene rings is 1. The van der Waals surface area contributed by atoms with Crippen LogP contribution in [0.25, 0.3) is 10.9 Å². The van der Waals surface area contributed by atoms with E-state index in [-0.39, 0.29) is 12.1 Å². The molecule has 2 heterocycles. The fourth-order valence-electron chi connectivity index (χ4n) is 3.31. The van der Waals surface area contributed by atoms with Gasteiger partial charge in [0.05, 0.1) is 30.2 Å². The summed E-state index contributed by atoms with van der Waals surface area (Å²) in [6.45, 7) is 7.14. The zero-order chi connectivity index (χ0) is 21.4. The Morgan fingerprint density at radius 2 is 1.79 bits per heavy atom. The molecule has 0 fully saturated rings. The van der Waals surface area contributed by atoms with E-state index in [1.54, 1.807) is 42.9 Å². The third-order valence-corrected chi connectivity index (χ3v) is 5.90. The van der Waals surface area contributed by atoms with Crippen molar-refractivity contribution in [2.24, 2.45) is 0 Å². The molecule has 2 aromatic heterocycles. The van der Waals surface area contributed by atoms with Gasteiger partial charge < -0.3 is 19.0 Å². The Morgan fingerprint density at radius 3 is 2.38 bits per heavy atom. The number of rotatable bonds is 7. The van der Waals surface area contributed by atoms with Crippen LogP contribution in [0.3, 0.4) is 0 Å². The van der Waals surface area contributed by atoms with E-state index in [1.165, 1.54) is 19.2 Å². The van der Waals surface area contributed by atoms with Crippen molar-refractivity contribution < 1.29 is 23.2 Å². The third kappa shape index (κ3) is 3.74. The molecule has 0 aliphatic rings. The molecule has 0 unspecified atom stereocenters. The fourth-order valence-corrected chi connectivity index (χ4v) is 3.31. The standard InChI is InChI=1S/C21H24BF2N2O3/c1-20(2,21(3,4)29-22-27)13-10-16(23)15(17(24)11-13)12-26-9-7-14-18(26)6-8-25-19(14)28-5/h6-11,27H,12H2,1-5H3. The molecule has 1 aromatic carbocycles. The van der Waals surface area contributed by atoms with Crippen molar-refractivity contribution in [3.63, 3.8) is 0 Å². The van der Waals surface area contributed by atoms with Crippen molar-refractivity contribution in [2.45, 2.75) is 45.3 Å². The Morgan fingerprint density at radius 1 is 1.14 bits per heavy atom. The number of aromatic nitrogens is 2. The van der Waals surface area contributed by atoms with E-state index in [4.69, 9.17) is 14.4 Å². The number of fused-ring (bicyclic) bond motifs is 1. The Hall–Kier alpha value is -2.45. The molecule has 0 saturated carbocycles. The van der Waals surface area contributed by atoms with Crippen LogP contribution in [0.15, 0.2) is 36.7 Å². The summed E-state index contributed by atoms with van der Waals surface area (Å²) in [4.78, 5) is 4.14. The largest absolute Gasteiger partial charge is 0.485 e. The van der Waals surface area contributed by atoms with Crippen molar-refractivity contribution in [3.8, 4) is 5.88 Å². The van der Waals surface area contributed by atoms with Gasteiger partial charge in [0.1, 0.15) is 11.6 Å². The predicted octanol–water partition coefficient (Wildman–Crippen LogP) is 3.97. The highest BCUT2D eigenvalue weighted by molar-refractivity contribution is 6.16. The van der Waals surface area contributed by atoms with E-state index >= 15 is 0 Å². The van der Waals surface area contributed by atoms with Crippen molar-refractivity contribution in [1.82, 2.24) is 9.55 Å². The minimum atomic E-state index is -0.887. The molecule has 1 radical (unpaired) electrons. The molecule has 0 bridgehead atoms. The maximum atomic E-state index is 15.0. The van der Waals surface area contributed by atoms with Crippen LogP contribution in [0, 0.1) is 11.6 Å². The average molecular weight is 401 g/mol. The van der Waals surface area contributed by atoms with Crippen LogP contribution in [0.5, 0.6) is 5.88 Å². The van der Waals surface area contributed by atoms with Crippen LogP contribution < -0.4 is 4.74 Å². The molecular formula is C21H24BF2N2O3. The Kier molecular flexibility index (Phi) is 5.69. The summed E-state index contributed by atoms with van der Waals surface area (Å²) < 4.78 is 42.2. The summed E-state index contributed by atoms with van der Waals surface area (Å²) in [5.74, 6) is -0.818. The highest BCUT2D eigenvalue weighted by atomic mass is 19.1. The number of hydrogen-bond acceptors (Lipinski definition) is 4. The molecule has 0 saturated heterocycles. The van der Waals surface area contributed by atoms with Crippen LogP contribution in [0.1, 0.15) is 38.8 Å². The highest BCUT2D eigenvalue weighted by Crippen LogP contribution is 2.38. The first kappa shape index (κ1) is 21.3. The number of halogens is 2. The smallest absolute Gasteiger partial charge is 0.481 e. The zero-order valence-corrected chi connectivity index (χ0v) is 17.2. The van der Waals surface area contributed by atoms with Crippen LogP contribution in [-0.4, -0.2) is 35.0 Å². The van der Waals surface area contributed by atoms with E-state index < -0.39 is 22.7 Å². The Balaban J connectivity index is 1.99. The van der Waals surface area contributed by atoms with Gasteiger partial charge in [-0.25, -0.2) is 13.8 Å². The number of pyridine rings is 1. The first-order valence-corrected chi connectivity index (χ1v) is 9.22. The van der Waals surface area contributed by atoms with Crippen LogP contribution in [0.2, 0.25) is 0 Å². The number of hydrogen-bond donors (Lipinski definition) is 1. The molecule has 0 atom stereocenters. The van der Waals surface area contributed by atoms with Crippen LogP contribution >= 0.6 is 0 Å². The van der Waals surface area contributed by atoms with Crippen molar-refractivity contribution in [2.75, 3.05) is 7.11 Å². The lowest BCUT2D eigenvalue weighted by molar-refractivity contribution is 0.0254. The first-order valence-electron chi connectivity index (χ1n) is 9.22. The molecule has 0 spiro atoms. The van der Waals surface area contributed by atoms with Crippen LogP contribution in [0.4, 0.5) is 8.78 Å². The van der Waals surface area contributed by atoms with E-state index in [9.17, 15) is 8.78 Å². The number of ether oxygens (including phenoxy) is 1. The molecule has 0 amide bonds. The van der Waals surface area contributed by atoms with Gasteiger partial charge in [-0.05, 0) is 43.7 Å². The first-order chi connectivity index (χ1) is 13.6. The molecule has 1 N–H and O–H groups in total. The summed E-state index contributed by atoms with van der Waals surface area (Å²) in [6.07, 6.45) is 3.34. The second-order valence-corrected chi connectivity index (χ2v) is 7.97. The van der Waals surface area contributed by atoms with Gasteiger partial charge in [0.25, 0.3) is 0 Å². The predicted molar refractivity (Wildman–Crippen MR) is 108 cm³/mol. The third-order valence-electron chi connectivity index (χ3n) is 5.90. The summed E-state index contributed by atoms with van der Waals surface area (Å²) in [7, 11) is 2.13. The average Bonchev–Trinajstić information content (AvgIpc) is 3.07. The molecule has 153 valence electrons. The van der Waals surface area contributed by atoms with E-state index in [0.717, 1.165) is 10.9 Å². The summed E-state index contributed by atoms with van der Waals surface area (Å²) >= 11 is 0. The van der Waals surface area contributed by atoms with Gasteiger partial charge in [0.15, 0.2) is 0 Å². The van der Waals surface area contributed by atoms with E-state index in [2.05, 4.69) is 4.98 Å². The van der Waals surface area contributed by atoms with Gasteiger partial charge in [-0.3, -0.25) is 0 Å². The molecule has 8 heteroatoms. The van der Waals surface area contributed by atoms with Crippen molar-refractivity contribution >= 4 is 18.6 Å². The summed E-state index contributed by atoms with van der Waals surface area (Å²) in [5, 5.41) is 9.79. The topological polar surface area (TPSA) is 56.5 Å². The van der Waals surface area contributed by atoms with Gasteiger partial charge in [0, 0.05) is 23.4 Å². The molecule has 0 aliphatic carbocycles. The summed E-state index contributed by atoms with van der Waals surface area (Å²) in [6, 6.07) is 6.24. The molecule has 29 heavy (non-hydrogen) atoms. The minimum absolute atomic E-state index is 0.0271. The Labute approximate surface area is 169 Å². The minimum Gasteiger partial charge on any atom is -0.481 e. The SMILES string of the molecule is COc1nccc2c1ccn2Cc1c(F)cc(C(C)(C)C(C)(C)O[B]O)cc1F. The van der Waals surface area contributed by atoms with Gasteiger partial charge >= 0.3 is 7.69 Å². The second kappa shape index (κ2) is 7.76. The van der Waals surface area contributed by atoms with Gasteiger partial charge in [-0.15, -0.1) is 0 Å². The highest BCUT2D eigenvalue weighted by Gasteiger charge is 2.40. The molecule has 3 rings (SSSR count). The van der Waals surface area contributed by atoms with E-state index in [0.29, 0.717) is 19.1 Å². The molecule has 5 nitrogen and oxygen atoms in total. The second-order valence-electron chi connectivity index (χ2n) is 7.97. The molecule has 3 aromatic rings. The Bertz CT molecular complexity index is 1010. The van der Waals surface area contributed by atoms with Crippen molar-refractivity contribution in [1.29, 1.82) is 0 Å². The normalized spacial score (nSPS) is 12.4. The monoisotopic (exact) mass is 401 g/mol. The lowest BCUT2D eigenvalue weighted by Gasteiger charge is -2.42. The zero-order valence-electron chi connectivity index (χ0n) is 17.2. The van der Waals surface area contributed by atoms with Gasteiger partial charge in [-0.2, -0.15) is 0 Å². The lowest BCUT2D eigenvalue weighted by Crippen LogP contribution is -2.46. The number of nitrogens with zero attached hydrogens (tertiary/aromatic N) is 2. The molecular weight excluding hydrogens is 377 g/mol. The van der Waals surface area contributed by atoms with E-state index in [1.807, 2.05) is 13.8 Å². The maximum absolute atomic E-state index is 15.0. The van der Waals surface area contributed by atoms with Gasteiger partial charge in [-0.1, -0.05) is 13.8 Å². The fraction of sp³-hybridized carbons (Fsp3) is 0.381. The van der Waals surface area contributed by atoms with Crippen molar-refractivity contribution in [3.05, 3.63) is 59.4 Å². The number of methoxy groups -OCH3 is 1. The maximum Gasteiger partial charge on any atom is 0.485 e. The summed E-state index contributed by atoms with van der Waals surface area (Å²) in [5.41, 5.74) is -0.488. The van der Waals surface area contributed by atoms with Gasteiger partial charge in [0.2, 0.25) is 5.88 Å². The quantitative estimate of drug-likeness (QED) is 0.609. The lowest BCUT2D eigenvalue weighted by atomic mass is 9.71.